The van der Waals surface area contributed by atoms with Crippen molar-refractivity contribution >= 4 is 5.91 Å². The fourth-order valence-electron chi connectivity index (χ4n) is 0.164. The van der Waals surface area contributed by atoms with Crippen LogP contribution in [0.1, 0.15) is 6.92 Å². The van der Waals surface area contributed by atoms with E-state index < -0.39 is 5.91 Å². The highest BCUT2D eigenvalue weighted by molar-refractivity contribution is 5.85. The Bertz CT molecular complexity index is 75.6. The molecule has 0 aromatic heterocycles. The van der Waals surface area contributed by atoms with Crippen LogP contribution in [0.15, 0.2) is 12.2 Å². The zero-order valence-corrected chi connectivity index (χ0v) is 3.64. The normalized spacial score (nSPS) is 9.50. The molecule has 2 heteroatoms. The molecule has 0 aliphatic rings. The van der Waals surface area contributed by atoms with Crippen molar-refractivity contribution in [3.63, 3.8) is 0 Å². The standard InChI is InChI=1S/C4H7NO/c1-2-3-4(5)6/h2-3H,1H3,(H2,5,6)/b3-2+/i4+2. The van der Waals surface area contributed by atoms with Gasteiger partial charge in [0.05, 0.1) is 0 Å². The van der Waals surface area contributed by atoms with Crippen LogP contribution in [-0.4, -0.2) is 5.91 Å². The van der Waals surface area contributed by atoms with Crippen LogP contribution in [0.2, 0.25) is 0 Å². The lowest BCUT2D eigenvalue weighted by Gasteiger charge is -1.70. The number of nitrogens with two attached hydrogens (primary N) is 1. The molecule has 0 aliphatic carbocycles. The highest BCUT2D eigenvalue weighted by atomic mass is 16.3. The van der Waals surface area contributed by atoms with Crippen molar-refractivity contribution in [3.05, 3.63) is 12.2 Å². The van der Waals surface area contributed by atoms with Gasteiger partial charge in [-0.1, -0.05) is 6.08 Å². The minimum atomic E-state index is -0.391. The van der Waals surface area contributed by atoms with Gasteiger partial charge in [-0.25, -0.2) is 0 Å². The van der Waals surface area contributed by atoms with Crippen molar-refractivity contribution in [3.8, 4) is 0 Å². The number of amides is 1. The van der Waals surface area contributed by atoms with Gasteiger partial charge in [0.2, 0.25) is 5.91 Å². The van der Waals surface area contributed by atoms with Gasteiger partial charge >= 0.3 is 0 Å². The Morgan fingerprint density at radius 2 is 2.33 bits per heavy atom. The van der Waals surface area contributed by atoms with Gasteiger partial charge in [0.1, 0.15) is 0 Å². The van der Waals surface area contributed by atoms with Crippen LogP contribution >= 0.6 is 0 Å². The summed E-state index contributed by atoms with van der Waals surface area (Å²) in [6.45, 7) is 1.74. The van der Waals surface area contributed by atoms with Gasteiger partial charge in [-0.05, 0) is 13.0 Å². The Hall–Kier alpha value is -0.790. The number of carbonyl (C=O) groups excluding carboxylic acids is 1. The maximum absolute atomic E-state index is 9.73. The molecule has 0 aliphatic heterocycles. The van der Waals surface area contributed by atoms with E-state index in [4.69, 9.17) is 0 Å². The predicted octanol–water partition coefficient (Wildman–Crippen LogP) is 0.0478. The van der Waals surface area contributed by atoms with Gasteiger partial charge in [-0.2, -0.15) is 0 Å². The number of allylic oxidation sites excluding steroid dienone is 1. The summed E-state index contributed by atoms with van der Waals surface area (Å²) in [5, 5.41) is 0. The summed E-state index contributed by atoms with van der Waals surface area (Å²) in [5.74, 6) is -0.391. The van der Waals surface area contributed by atoms with Crippen LogP contribution in [0, 0.1) is 0 Å². The highest BCUT2D eigenvalue weighted by Gasteiger charge is 1.73. The van der Waals surface area contributed by atoms with Gasteiger partial charge in [-0.15, -0.1) is 0 Å². The van der Waals surface area contributed by atoms with E-state index in [1.807, 2.05) is 0 Å². The summed E-state index contributed by atoms with van der Waals surface area (Å²) >= 11 is 0. The molecule has 0 atom stereocenters. The van der Waals surface area contributed by atoms with E-state index in [2.05, 4.69) is 5.73 Å². The SMILES string of the molecule is C/C=C/[14C](N)=O. The molecular formula is C4H7NO. The second-order valence-corrected chi connectivity index (χ2v) is 0.902. The lowest BCUT2D eigenvalue weighted by Crippen LogP contribution is -2.04. The quantitative estimate of drug-likeness (QED) is 0.451. The first-order chi connectivity index (χ1) is 2.77. The lowest BCUT2D eigenvalue weighted by atomic mass is 10.7. The van der Waals surface area contributed by atoms with E-state index in [9.17, 15) is 4.79 Å². The molecule has 0 aromatic rings. The fourth-order valence-corrected chi connectivity index (χ4v) is 0.164. The number of rotatable bonds is 1. The third-order valence-electron chi connectivity index (χ3n) is 0.331. The predicted molar refractivity (Wildman–Crippen MR) is 24.0 cm³/mol. The van der Waals surface area contributed by atoms with Crippen molar-refractivity contribution in [2.24, 2.45) is 5.73 Å². The number of primary amides is 1. The minimum Gasteiger partial charge on any atom is -0.366 e. The van der Waals surface area contributed by atoms with Gasteiger partial charge in [0.25, 0.3) is 0 Å². The van der Waals surface area contributed by atoms with E-state index >= 15 is 0 Å². The molecule has 34 valence electrons. The molecule has 0 bridgehead atoms. The van der Waals surface area contributed by atoms with Gasteiger partial charge in [-0.3, -0.25) is 4.79 Å². The Morgan fingerprint density at radius 3 is 2.33 bits per heavy atom. The monoisotopic (exact) mass is 87.1 g/mol. The molecule has 0 heterocycles. The Morgan fingerprint density at radius 1 is 1.83 bits per heavy atom. The van der Waals surface area contributed by atoms with Crippen molar-refractivity contribution in [2.75, 3.05) is 0 Å². The largest absolute Gasteiger partial charge is 0.366 e. The molecule has 0 rings (SSSR count). The van der Waals surface area contributed by atoms with Crippen LogP contribution < -0.4 is 5.73 Å². The minimum absolute atomic E-state index is 0.391. The first-order valence-electron chi connectivity index (χ1n) is 1.69. The second-order valence-electron chi connectivity index (χ2n) is 0.902. The molecule has 2 nitrogen and oxygen atoms in total. The Kier molecular flexibility index (Phi) is 2.13. The molecule has 6 heavy (non-hydrogen) atoms. The summed E-state index contributed by atoms with van der Waals surface area (Å²) in [4.78, 5) is 9.73. The number of hydrogen-bond donors (Lipinski definition) is 1. The summed E-state index contributed by atoms with van der Waals surface area (Å²) in [6, 6.07) is 0. The summed E-state index contributed by atoms with van der Waals surface area (Å²) in [5.41, 5.74) is 4.68. The first-order valence-corrected chi connectivity index (χ1v) is 1.69. The average molecular weight is 87.1 g/mol. The molecule has 2 N–H and O–H groups in total. The third-order valence-corrected chi connectivity index (χ3v) is 0.331. The van der Waals surface area contributed by atoms with Crippen molar-refractivity contribution in [2.45, 2.75) is 6.92 Å². The highest BCUT2D eigenvalue weighted by Crippen LogP contribution is 1.62. The fraction of sp³-hybridized carbons (Fsp3) is 0.250. The first kappa shape index (κ1) is 5.21. The number of hydrogen-bond acceptors (Lipinski definition) is 1. The van der Waals surface area contributed by atoms with E-state index in [0.717, 1.165) is 0 Å². The molecule has 0 unspecified atom stereocenters. The van der Waals surface area contributed by atoms with E-state index in [-0.39, 0.29) is 0 Å². The molecule has 0 saturated carbocycles. The topological polar surface area (TPSA) is 43.1 Å². The van der Waals surface area contributed by atoms with E-state index in [1.165, 1.54) is 6.08 Å². The maximum atomic E-state index is 9.73. The third kappa shape index (κ3) is 3.21. The molecule has 0 radical (unpaired) electrons. The van der Waals surface area contributed by atoms with Gasteiger partial charge in [0.15, 0.2) is 0 Å². The summed E-state index contributed by atoms with van der Waals surface area (Å²) in [6.07, 6.45) is 2.91. The van der Waals surface area contributed by atoms with Gasteiger partial charge < -0.3 is 5.73 Å². The van der Waals surface area contributed by atoms with Crippen LogP contribution in [0.25, 0.3) is 0 Å². The van der Waals surface area contributed by atoms with Crippen molar-refractivity contribution in [1.29, 1.82) is 0 Å². The second kappa shape index (κ2) is 2.45. The summed E-state index contributed by atoms with van der Waals surface area (Å²) in [7, 11) is 0. The Balaban J connectivity index is 3.30. The number of carbonyl (C=O) groups is 1. The smallest absolute Gasteiger partial charge is 0.241 e. The van der Waals surface area contributed by atoms with E-state index in [1.54, 1.807) is 13.0 Å². The molecule has 0 spiro atoms. The Labute approximate surface area is 36.6 Å². The van der Waals surface area contributed by atoms with Crippen molar-refractivity contribution < 1.29 is 4.79 Å². The molecule has 0 aromatic carbocycles. The van der Waals surface area contributed by atoms with Crippen LogP contribution in [0.5, 0.6) is 0 Å². The van der Waals surface area contributed by atoms with Crippen LogP contribution in [0.3, 0.4) is 0 Å². The molecule has 0 saturated heterocycles. The molecular weight excluding hydrogens is 80.0 g/mol. The van der Waals surface area contributed by atoms with Crippen LogP contribution in [0.4, 0.5) is 0 Å². The zero-order chi connectivity index (χ0) is 4.99. The zero-order valence-electron chi connectivity index (χ0n) is 3.64. The van der Waals surface area contributed by atoms with E-state index in [0.29, 0.717) is 0 Å². The average Bonchev–Trinajstić information content (AvgIpc) is 1.35. The molecule has 0 fully saturated rings. The van der Waals surface area contributed by atoms with Crippen LogP contribution in [-0.2, 0) is 4.79 Å². The maximum Gasteiger partial charge on any atom is 0.241 e. The summed E-state index contributed by atoms with van der Waals surface area (Å²) < 4.78 is 0. The molecule has 1 amide bonds. The lowest BCUT2D eigenvalue weighted by molar-refractivity contribution is -0.113. The van der Waals surface area contributed by atoms with Crippen molar-refractivity contribution in [1.82, 2.24) is 0 Å². The van der Waals surface area contributed by atoms with Gasteiger partial charge in [0, 0.05) is 0 Å².